The number of hydrogen-bond donors (Lipinski definition) is 0. The molecule has 0 saturated carbocycles. The molecule has 0 unspecified atom stereocenters. The molecule has 1 aliphatic heterocycles. The third kappa shape index (κ3) is 25.0. The highest BCUT2D eigenvalue weighted by Crippen LogP contribution is 2.24. The molecule has 0 spiro atoms. The molecule has 0 radical (unpaired) electrons. The highest BCUT2D eigenvalue weighted by molar-refractivity contribution is 5.71. The van der Waals surface area contributed by atoms with Crippen LogP contribution in [0, 0.1) is 0 Å². The lowest BCUT2D eigenvalue weighted by Gasteiger charge is -2.23. The van der Waals surface area contributed by atoms with Crippen molar-refractivity contribution in [2.24, 2.45) is 0 Å². The van der Waals surface area contributed by atoms with E-state index in [1.54, 1.807) is 0 Å². The number of rotatable bonds is 32. The molecule has 0 bridgehead atoms. The summed E-state index contributed by atoms with van der Waals surface area (Å²) in [5.74, 6) is -0.911. The van der Waals surface area contributed by atoms with E-state index in [2.05, 4.69) is 13.8 Å². The zero-order chi connectivity index (χ0) is 34.4. The fourth-order valence-corrected chi connectivity index (χ4v) is 6.14. The van der Waals surface area contributed by atoms with Crippen LogP contribution in [-0.2, 0) is 33.3 Å². The molecule has 1 fully saturated rings. The molecule has 3 atom stereocenters. The summed E-state index contributed by atoms with van der Waals surface area (Å²) < 4.78 is 22.9. The van der Waals surface area contributed by atoms with Crippen molar-refractivity contribution in [2.75, 3.05) is 33.9 Å². The van der Waals surface area contributed by atoms with Gasteiger partial charge in [0.2, 0.25) is 0 Å². The minimum absolute atomic E-state index is 0.0240. The number of carbonyl (C=O) groups is 3. The molecule has 0 aromatic heterocycles. The standard InChI is InChI=1S/C39H73NO7/c1-5-7-9-11-13-15-17-19-21-23-25-28-37(42)46-35-33-44-34(32-45-36(41)30-27-31-40(3)4)39(35)47-38(43)29-26-24-22-20-18-16-14-12-10-8-6-2/h34-35,39H,5-33H2,1-4H3/t34-,35+,39+/m1/s1. The van der Waals surface area contributed by atoms with E-state index >= 15 is 0 Å². The number of hydrogen-bond acceptors (Lipinski definition) is 8. The van der Waals surface area contributed by atoms with Gasteiger partial charge >= 0.3 is 17.9 Å². The first kappa shape index (κ1) is 43.4. The first-order valence-corrected chi connectivity index (χ1v) is 19.7. The van der Waals surface area contributed by atoms with Crippen LogP contribution >= 0.6 is 0 Å². The Morgan fingerprint density at radius 3 is 1.40 bits per heavy atom. The van der Waals surface area contributed by atoms with Crippen LogP contribution in [0.5, 0.6) is 0 Å². The number of unbranched alkanes of at least 4 members (excludes halogenated alkanes) is 20. The second-order valence-electron chi connectivity index (χ2n) is 14.0. The Balaban J connectivity index is 2.41. The molecule has 0 aliphatic carbocycles. The molecule has 0 amide bonds. The van der Waals surface area contributed by atoms with Crippen molar-refractivity contribution in [3.63, 3.8) is 0 Å². The van der Waals surface area contributed by atoms with Gasteiger partial charge < -0.3 is 23.8 Å². The molecule has 0 N–H and O–H groups in total. The minimum Gasteiger partial charge on any atom is -0.463 e. The summed E-state index contributed by atoms with van der Waals surface area (Å²) in [6.45, 7) is 5.39. The van der Waals surface area contributed by atoms with Gasteiger partial charge in [0, 0.05) is 19.3 Å². The maximum atomic E-state index is 12.8. The van der Waals surface area contributed by atoms with Crippen molar-refractivity contribution in [3.05, 3.63) is 0 Å². The number of esters is 3. The van der Waals surface area contributed by atoms with Crippen LogP contribution in [0.1, 0.15) is 181 Å². The monoisotopic (exact) mass is 668 g/mol. The summed E-state index contributed by atoms with van der Waals surface area (Å²) in [4.78, 5) is 39.9. The van der Waals surface area contributed by atoms with E-state index in [4.69, 9.17) is 18.9 Å². The fraction of sp³-hybridized carbons (Fsp3) is 0.923. The summed E-state index contributed by atoms with van der Waals surface area (Å²) >= 11 is 0. The smallest absolute Gasteiger partial charge is 0.306 e. The van der Waals surface area contributed by atoms with Crippen LogP contribution in [-0.4, -0.2) is 75.0 Å². The molecule has 1 saturated heterocycles. The summed E-state index contributed by atoms with van der Waals surface area (Å²) in [5.41, 5.74) is 0. The van der Waals surface area contributed by atoms with Crippen LogP contribution in [0.4, 0.5) is 0 Å². The predicted octanol–water partition coefficient (Wildman–Crippen LogP) is 9.50. The Morgan fingerprint density at radius 2 is 0.957 bits per heavy atom. The van der Waals surface area contributed by atoms with Crippen molar-refractivity contribution in [1.29, 1.82) is 0 Å². The van der Waals surface area contributed by atoms with E-state index in [1.807, 2.05) is 19.0 Å². The number of nitrogens with zero attached hydrogens (tertiary/aromatic N) is 1. The van der Waals surface area contributed by atoms with E-state index in [9.17, 15) is 14.4 Å². The fourth-order valence-electron chi connectivity index (χ4n) is 6.14. The summed E-state index contributed by atoms with van der Waals surface area (Å²) in [7, 11) is 3.93. The lowest BCUT2D eigenvalue weighted by atomic mass is 10.1. The van der Waals surface area contributed by atoms with Gasteiger partial charge in [-0.1, -0.05) is 142 Å². The third-order valence-corrected chi connectivity index (χ3v) is 9.12. The van der Waals surface area contributed by atoms with Gasteiger partial charge in [-0.3, -0.25) is 14.4 Å². The van der Waals surface area contributed by atoms with Crippen molar-refractivity contribution in [1.82, 2.24) is 4.90 Å². The van der Waals surface area contributed by atoms with Crippen LogP contribution < -0.4 is 0 Å². The van der Waals surface area contributed by atoms with Crippen LogP contribution in [0.25, 0.3) is 0 Å². The molecular formula is C39H73NO7. The normalized spacial score (nSPS) is 17.7. The van der Waals surface area contributed by atoms with Gasteiger partial charge in [0.15, 0.2) is 12.2 Å². The number of carbonyl (C=O) groups excluding carboxylic acids is 3. The molecule has 8 nitrogen and oxygen atoms in total. The largest absolute Gasteiger partial charge is 0.463 e. The van der Waals surface area contributed by atoms with Gasteiger partial charge in [0.25, 0.3) is 0 Å². The van der Waals surface area contributed by atoms with E-state index in [-0.39, 0.29) is 31.1 Å². The van der Waals surface area contributed by atoms with Gasteiger partial charge in [-0.05, 0) is 39.9 Å². The molecule has 276 valence electrons. The average molecular weight is 668 g/mol. The Kier molecular flexibility index (Phi) is 28.0. The highest BCUT2D eigenvalue weighted by atomic mass is 16.6. The average Bonchev–Trinajstić information content (AvgIpc) is 3.41. The lowest BCUT2D eigenvalue weighted by Crippen LogP contribution is -2.40. The van der Waals surface area contributed by atoms with Gasteiger partial charge in [0.1, 0.15) is 12.7 Å². The Labute approximate surface area is 288 Å². The van der Waals surface area contributed by atoms with Crippen LogP contribution in [0.2, 0.25) is 0 Å². The maximum Gasteiger partial charge on any atom is 0.306 e. The van der Waals surface area contributed by atoms with Crippen molar-refractivity contribution >= 4 is 17.9 Å². The SMILES string of the molecule is CCCCCCCCCCCCCC(=O)O[C@@H]1[C@@H](OC(=O)CCCCCCCCCCCCC)CO[C@@H]1COC(=O)CCCN(C)C. The summed E-state index contributed by atoms with van der Waals surface area (Å²) in [5, 5.41) is 0. The van der Waals surface area contributed by atoms with Gasteiger partial charge in [-0.25, -0.2) is 0 Å². The summed E-state index contributed by atoms with van der Waals surface area (Å²) in [6, 6.07) is 0. The molecule has 0 aromatic carbocycles. The number of ether oxygens (including phenoxy) is 4. The zero-order valence-electron chi connectivity index (χ0n) is 31.0. The first-order valence-electron chi connectivity index (χ1n) is 19.7. The van der Waals surface area contributed by atoms with E-state index in [1.165, 1.54) is 103 Å². The lowest BCUT2D eigenvalue weighted by molar-refractivity contribution is -0.168. The van der Waals surface area contributed by atoms with Gasteiger partial charge in [-0.15, -0.1) is 0 Å². The van der Waals surface area contributed by atoms with E-state index < -0.39 is 18.3 Å². The molecule has 0 aromatic rings. The molecular weight excluding hydrogens is 594 g/mol. The third-order valence-electron chi connectivity index (χ3n) is 9.12. The molecule has 1 aliphatic rings. The summed E-state index contributed by atoms with van der Waals surface area (Å²) in [6.07, 6.45) is 26.3. The van der Waals surface area contributed by atoms with E-state index in [0.29, 0.717) is 25.7 Å². The molecule has 47 heavy (non-hydrogen) atoms. The Bertz CT molecular complexity index is 774. The van der Waals surface area contributed by atoms with Crippen molar-refractivity contribution in [3.8, 4) is 0 Å². The van der Waals surface area contributed by atoms with Gasteiger partial charge in [-0.2, -0.15) is 0 Å². The van der Waals surface area contributed by atoms with Crippen LogP contribution in [0.15, 0.2) is 0 Å². The zero-order valence-corrected chi connectivity index (χ0v) is 31.0. The second kappa shape index (κ2) is 30.4. The molecule has 1 heterocycles. The maximum absolute atomic E-state index is 12.8. The Morgan fingerprint density at radius 1 is 0.553 bits per heavy atom. The second-order valence-corrected chi connectivity index (χ2v) is 14.0. The Hall–Kier alpha value is -1.67. The molecule has 1 rings (SSSR count). The molecule has 8 heteroatoms. The van der Waals surface area contributed by atoms with Crippen molar-refractivity contribution < 1.29 is 33.3 Å². The minimum atomic E-state index is -0.772. The quantitative estimate of drug-likeness (QED) is 0.0398. The van der Waals surface area contributed by atoms with Crippen LogP contribution in [0.3, 0.4) is 0 Å². The van der Waals surface area contributed by atoms with Crippen molar-refractivity contribution in [2.45, 2.75) is 199 Å². The van der Waals surface area contributed by atoms with E-state index in [0.717, 1.165) is 45.1 Å². The van der Waals surface area contributed by atoms with Gasteiger partial charge in [0.05, 0.1) is 6.61 Å². The first-order chi connectivity index (χ1) is 22.9. The topological polar surface area (TPSA) is 91.4 Å². The highest BCUT2D eigenvalue weighted by Gasteiger charge is 2.43. The predicted molar refractivity (Wildman–Crippen MR) is 190 cm³/mol.